The summed E-state index contributed by atoms with van der Waals surface area (Å²) in [7, 11) is 1.33. The Balaban J connectivity index is 1.82. The molecule has 19 heavy (non-hydrogen) atoms. The third-order valence-electron chi connectivity index (χ3n) is 2.45. The molecule has 100 valence electrons. The molecule has 2 N–H and O–H groups in total. The van der Waals surface area contributed by atoms with Gasteiger partial charge in [0.25, 0.3) is 0 Å². The van der Waals surface area contributed by atoms with Gasteiger partial charge in [-0.2, -0.15) is 0 Å². The van der Waals surface area contributed by atoms with Crippen molar-refractivity contribution < 1.29 is 14.3 Å². The number of imidazole rings is 1. The molecule has 0 radical (unpaired) electrons. The smallest absolute Gasteiger partial charge is 0.343 e. The fourth-order valence-electron chi connectivity index (χ4n) is 1.45. The van der Waals surface area contributed by atoms with Crippen LogP contribution in [0.3, 0.4) is 0 Å². The van der Waals surface area contributed by atoms with E-state index in [1.807, 2.05) is 12.1 Å². The van der Waals surface area contributed by atoms with Crippen LogP contribution in [0, 0.1) is 0 Å². The number of nitrogens with zero attached hydrogens (tertiary/aromatic N) is 1. The van der Waals surface area contributed by atoms with E-state index in [9.17, 15) is 4.79 Å². The molecule has 1 aromatic heterocycles. The molecule has 0 spiro atoms. The second-order valence-corrected chi connectivity index (χ2v) is 3.78. The number of hydrogen-bond donors (Lipinski definition) is 2. The van der Waals surface area contributed by atoms with E-state index in [4.69, 9.17) is 4.74 Å². The van der Waals surface area contributed by atoms with Crippen LogP contribution in [0.4, 0.5) is 5.69 Å². The van der Waals surface area contributed by atoms with Crippen LogP contribution in [-0.2, 0) is 16.1 Å². The van der Waals surface area contributed by atoms with Crippen LogP contribution in [0.2, 0.25) is 0 Å². The molecule has 2 rings (SSSR count). The molecule has 0 amide bonds. The van der Waals surface area contributed by atoms with E-state index < -0.39 is 5.97 Å². The number of ether oxygens (including phenoxy) is 2. The number of esters is 1. The zero-order valence-electron chi connectivity index (χ0n) is 10.6. The highest BCUT2D eigenvalue weighted by atomic mass is 16.6. The van der Waals surface area contributed by atoms with Crippen LogP contribution in [0.5, 0.6) is 5.75 Å². The highest BCUT2D eigenvalue weighted by Crippen LogP contribution is 2.16. The van der Waals surface area contributed by atoms with E-state index in [1.54, 1.807) is 24.5 Å². The molecule has 0 aliphatic heterocycles. The SMILES string of the molecule is COC(=O)COc1ccc(NCc2ncc[nH]2)cc1. The van der Waals surface area contributed by atoms with Gasteiger partial charge in [0, 0.05) is 18.1 Å². The number of carbonyl (C=O) groups excluding carboxylic acids is 1. The molecule has 0 aliphatic carbocycles. The lowest BCUT2D eigenvalue weighted by molar-refractivity contribution is -0.142. The Morgan fingerprint density at radius 2 is 2.16 bits per heavy atom. The summed E-state index contributed by atoms with van der Waals surface area (Å²) in [5.74, 6) is 1.08. The van der Waals surface area contributed by atoms with E-state index in [0.29, 0.717) is 12.3 Å². The Bertz CT molecular complexity index is 508. The molecule has 0 aliphatic rings. The molecule has 0 unspecified atom stereocenters. The average molecular weight is 261 g/mol. The van der Waals surface area contributed by atoms with E-state index >= 15 is 0 Å². The van der Waals surface area contributed by atoms with Crippen LogP contribution >= 0.6 is 0 Å². The summed E-state index contributed by atoms with van der Waals surface area (Å²) in [6, 6.07) is 7.31. The summed E-state index contributed by atoms with van der Waals surface area (Å²) in [5, 5.41) is 3.21. The van der Waals surface area contributed by atoms with Crippen LogP contribution < -0.4 is 10.1 Å². The van der Waals surface area contributed by atoms with Gasteiger partial charge >= 0.3 is 5.97 Å². The minimum atomic E-state index is -0.403. The van der Waals surface area contributed by atoms with Gasteiger partial charge in [0.05, 0.1) is 13.7 Å². The number of carbonyl (C=O) groups is 1. The Kier molecular flexibility index (Phi) is 4.39. The van der Waals surface area contributed by atoms with Crippen LogP contribution in [0.25, 0.3) is 0 Å². The van der Waals surface area contributed by atoms with Gasteiger partial charge in [0.1, 0.15) is 11.6 Å². The second-order valence-electron chi connectivity index (χ2n) is 3.78. The summed E-state index contributed by atoms with van der Waals surface area (Å²) in [5.41, 5.74) is 0.946. The highest BCUT2D eigenvalue weighted by Gasteiger charge is 2.01. The third-order valence-corrected chi connectivity index (χ3v) is 2.45. The standard InChI is InChI=1S/C13H15N3O3/c1-18-13(17)9-19-11-4-2-10(3-5-11)16-8-12-14-6-7-15-12/h2-7,16H,8-9H2,1H3,(H,14,15). The molecule has 6 heteroatoms. The van der Waals surface area contributed by atoms with Crippen LogP contribution in [0.1, 0.15) is 5.82 Å². The van der Waals surface area contributed by atoms with Crippen molar-refractivity contribution >= 4 is 11.7 Å². The first-order valence-corrected chi connectivity index (χ1v) is 5.80. The van der Waals surface area contributed by atoms with Crippen LogP contribution in [-0.4, -0.2) is 29.7 Å². The maximum Gasteiger partial charge on any atom is 0.343 e. The number of benzene rings is 1. The van der Waals surface area contributed by atoms with Crippen molar-refractivity contribution in [3.63, 3.8) is 0 Å². The lowest BCUT2D eigenvalue weighted by Crippen LogP contribution is -2.12. The van der Waals surface area contributed by atoms with E-state index in [2.05, 4.69) is 20.0 Å². The van der Waals surface area contributed by atoms with Crippen molar-refractivity contribution in [1.29, 1.82) is 0 Å². The monoisotopic (exact) mass is 261 g/mol. The average Bonchev–Trinajstić information content (AvgIpc) is 2.97. The van der Waals surface area contributed by atoms with Gasteiger partial charge in [-0.05, 0) is 24.3 Å². The number of rotatable bonds is 6. The summed E-state index contributed by atoms with van der Waals surface area (Å²) in [4.78, 5) is 18.0. The first-order chi connectivity index (χ1) is 9.28. The molecule has 1 heterocycles. The number of methoxy groups -OCH3 is 1. The van der Waals surface area contributed by atoms with Gasteiger partial charge in [0.2, 0.25) is 0 Å². The van der Waals surface area contributed by atoms with Gasteiger partial charge in [-0.3, -0.25) is 0 Å². The molecule has 6 nitrogen and oxygen atoms in total. The van der Waals surface area contributed by atoms with Gasteiger partial charge in [-0.15, -0.1) is 0 Å². The fourth-order valence-corrected chi connectivity index (χ4v) is 1.45. The minimum Gasteiger partial charge on any atom is -0.482 e. The molecule has 0 bridgehead atoms. The highest BCUT2D eigenvalue weighted by molar-refractivity contribution is 5.70. The maximum absolute atomic E-state index is 10.9. The number of nitrogens with one attached hydrogen (secondary N) is 2. The molecule has 2 aromatic rings. The summed E-state index contributed by atoms with van der Waals surface area (Å²) in [6.07, 6.45) is 3.49. The Morgan fingerprint density at radius 1 is 1.37 bits per heavy atom. The molecule has 0 saturated heterocycles. The van der Waals surface area contributed by atoms with Crippen molar-refractivity contribution in [1.82, 2.24) is 9.97 Å². The Morgan fingerprint density at radius 3 is 2.79 bits per heavy atom. The lowest BCUT2D eigenvalue weighted by Gasteiger charge is -2.07. The summed E-state index contributed by atoms with van der Waals surface area (Å²) in [6.45, 7) is 0.533. The third kappa shape index (κ3) is 4.02. The topological polar surface area (TPSA) is 76.2 Å². The number of anilines is 1. The van der Waals surface area contributed by atoms with Crippen molar-refractivity contribution in [3.05, 3.63) is 42.5 Å². The zero-order valence-corrected chi connectivity index (χ0v) is 10.6. The molecular formula is C13H15N3O3. The van der Waals surface area contributed by atoms with E-state index in [-0.39, 0.29) is 6.61 Å². The van der Waals surface area contributed by atoms with Crippen LogP contribution in [0.15, 0.2) is 36.7 Å². The Hall–Kier alpha value is -2.50. The van der Waals surface area contributed by atoms with Gasteiger partial charge in [-0.25, -0.2) is 9.78 Å². The molecule has 0 fully saturated rings. The quantitative estimate of drug-likeness (QED) is 0.772. The first-order valence-electron chi connectivity index (χ1n) is 5.80. The number of hydrogen-bond acceptors (Lipinski definition) is 5. The number of aromatic amines is 1. The van der Waals surface area contributed by atoms with Gasteiger partial charge < -0.3 is 19.8 Å². The van der Waals surface area contributed by atoms with Crippen molar-refractivity contribution in [3.8, 4) is 5.75 Å². The fraction of sp³-hybridized carbons (Fsp3) is 0.231. The molecule has 0 saturated carbocycles. The summed E-state index contributed by atoms with van der Waals surface area (Å²) >= 11 is 0. The van der Waals surface area contributed by atoms with E-state index in [0.717, 1.165) is 11.5 Å². The van der Waals surface area contributed by atoms with Crippen molar-refractivity contribution in [2.75, 3.05) is 19.0 Å². The zero-order chi connectivity index (χ0) is 13.5. The van der Waals surface area contributed by atoms with Crippen molar-refractivity contribution in [2.45, 2.75) is 6.54 Å². The van der Waals surface area contributed by atoms with Gasteiger partial charge in [0.15, 0.2) is 6.61 Å². The number of H-pyrrole nitrogens is 1. The number of aromatic nitrogens is 2. The first kappa shape index (κ1) is 12.9. The lowest BCUT2D eigenvalue weighted by atomic mass is 10.3. The second kappa shape index (κ2) is 6.44. The normalized spacial score (nSPS) is 9.95. The largest absolute Gasteiger partial charge is 0.482 e. The summed E-state index contributed by atoms with van der Waals surface area (Å²) < 4.78 is 9.73. The van der Waals surface area contributed by atoms with E-state index in [1.165, 1.54) is 7.11 Å². The van der Waals surface area contributed by atoms with Crippen molar-refractivity contribution in [2.24, 2.45) is 0 Å². The predicted molar refractivity (Wildman–Crippen MR) is 69.9 cm³/mol. The van der Waals surface area contributed by atoms with Gasteiger partial charge in [-0.1, -0.05) is 0 Å². The predicted octanol–water partition coefficient (Wildman–Crippen LogP) is 1.57. The molecular weight excluding hydrogens is 246 g/mol. The molecule has 0 atom stereocenters. The maximum atomic E-state index is 10.9. The Labute approximate surface area is 110 Å². The minimum absolute atomic E-state index is 0.0876. The molecule has 1 aromatic carbocycles.